The van der Waals surface area contributed by atoms with Gasteiger partial charge in [0.2, 0.25) is 0 Å². The van der Waals surface area contributed by atoms with Gasteiger partial charge < -0.3 is 18.3 Å². The van der Waals surface area contributed by atoms with Gasteiger partial charge in [-0.1, -0.05) is 20.8 Å². The Bertz CT molecular complexity index is 313. The van der Waals surface area contributed by atoms with Gasteiger partial charge in [-0.15, -0.1) is 0 Å². The zero-order chi connectivity index (χ0) is 19.5. The maximum Gasteiger partial charge on any atom is 0.192 e. The number of rotatable bonds is 15. The van der Waals surface area contributed by atoms with Gasteiger partial charge in [0.05, 0.1) is 11.5 Å². The lowest BCUT2D eigenvalue weighted by Gasteiger charge is -2.53. The molecule has 0 radical (unpaired) electrons. The first-order valence-corrected chi connectivity index (χ1v) is 12.5. The Hall–Kier alpha value is 0.234. The number of likely N-dealkylation sites (N-methyl/N-ethyl adjacent to an activating group) is 1. The summed E-state index contributed by atoms with van der Waals surface area (Å²) in [7, 11) is 2.05. The molecule has 0 amide bonds. The Kier molecular flexibility index (Phi) is 12.7. The van der Waals surface area contributed by atoms with Crippen molar-refractivity contribution in [3.05, 3.63) is 0 Å². The van der Waals surface area contributed by atoms with Crippen molar-refractivity contribution in [2.75, 3.05) is 34.0 Å². The quantitative estimate of drug-likeness (QED) is 0.397. The van der Waals surface area contributed by atoms with Crippen molar-refractivity contribution in [2.24, 2.45) is 0 Å². The van der Waals surface area contributed by atoms with Crippen LogP contribution in [-0.2, 0) is 18.3 Å². The summed E-state index contributed by atoms with van der Waals surface area (Å²) in [6, 6.07) is 0. The molecule has 25 heavy (non-hydrogen) atoms. The molecule has 7 heteroatoms. The molecule has 0 rings (SSSR count). The maximum absolute atomic E-state index is 6.23. The number of hydrogen-bond acceptors (Lipinski definition) is 5. The summed E-state index contributed by atoms with van der Waals surface area (Å²) in [4.78, 5) is 2.54. The van der Waals surface area contributed by atoms with Crippen LogP contribution in [0, 0.1) is 0 Å². The van der Waals surface area contributed by atoms with Crippen LogP contribution in [0.25, 0.3) is 0 Å². The highest BCUT2D eigenvalue weighted by Crippen LogP contribution is 2.32. The Balaban J connectivity index is 5.55. The standard InChI is InChI=1S/C18H43NO4Si2/c1-10-13-22-15(24-20-8)17(4,5)19(12-3)18(6,7)16(25-21-9)23-14-11-2/h15-16H,10-14,24-25H2,1-9H3. The van der Waals surface area contributed by atoms with Crippen molar-refractivity contribution in [1.82, 2.24) is 4.90 Å². The smallest absolute Gasteiger partial charge is 0.192 e. The summed E-state index contributed by atoms with van der Waals surface area (Å²) in [5.74, 6) is 0. The van der Waals surface area contributed by atoms with E-state index in [9.17, 15) is 0 Å². The van der Waals surface area contributed by atoms with Gasteiger partial charge in [0.25, 0.3) is 0 Å². The molecule has 0 aliphatic carbocycles. The molecule has 0 saturated heterocycles. The van der Waals surface area contributed by atoms with Gasteiger partial charge in [-0.2, -0.15) is 0 Å². The largest absolute Gasteiger partial charge is 0.424 e. The number of hydrogen-bond donors (Lipinski definition) is 0. The van der Waals surface area contributed by atoms with Gasteiger partial charge in [0, 0.05) is 38.5 Å². The molecule has 0 fully saturated rings. The van der Waals surface area contributed by atoms with Gasteiger partial charge >= 0.3 is 0 Å². The molecular formula is C18H43NO4Si2. The van der Waals surface area contributed by atoms with Crippen LogP contribution in [0.1, 0.15) is 61.3 Å². The molecular weight excluding hydrogens is 350 g/mol. The molecule has 0 aromatic carbocycles. The van der Waals surface area contributed by atoms with E-state index < -0.39 is 19.5 Å². The molecule has 0 bridgehead atoms. The van der Waals surface area contributed by atoms with E-state index in [1.54, 1.807) is 14.2 Å². The molecule has 2 unspecified atom stereocenters. The van der Waals surface area contributed by atoms with Crippen molar-refractivity contribution in [3.63, 3.8) is 0 Å². The molecule has 0 saturated carbocycles. The van der Waals surface area contributed by atoms with E-state index in [2.05, 4.69) is 53.4 Å². The van der Waals surface area contributed by atoms with Crippen LogP contribution in [0.4, 0.5) is 0 Å². The molecule has 0 spiro atoms. The van der Waals surface area contributed by atoms with E-state index in [4.69, 9.17) is 18.3 Å². The van der Waals surface area contributed by atoms with E-state index in [1.165, 1.54) is 0 Å². The Morgan fingerprint density at radius 3 is 1.36 bits per heavy atom. The zero-order valence-corrected chi connectivity index (χ0v) is 21.0. The second kappa shape index (κ2) is 12.6. The van der Waals surface area contributed by atoms with Crippen LogP contribution in [0.5, 0.6) is 0 Å². The molecule has 152 valence electrons. The summed E-state index contributed by atoms with van der Waals surface area (Å²) < 4.78 is 23.7. The lowest BCUT2D eigenvalue weighted by Crippen LogP contribution is -2.67. The van der Waals surface area contributed by atoms with E-state index in [1.807, 2.05) is 0 Å². The Morgan fingerprint density at radius 2 is 1.12 bits per heavy atom. The van der Waals surface area contributed by atoms with Crippen molar-refractivity contribution in [1.29, 1.82) is 0 Å². The summed E-state index contributed by atoms with van der Waals surface area (Å²) in [6.45, 7) is 18.2. The topological polar surface area (TPSA) is 40.2 Å². The van der Waals surface area contributed by atoms with Crippen molar-refractivity contribution in [2.45, 2.75) is 83.8 Å². The fourth-order valence-corrected chi connectivity index (χ4v) is 6.03. The highest BCUT2D eigenvalue weighted by atomic mass is 28.2. The third kappa shape index (κ3) is 7.40. The van der Waals surface area contributed by atoms with Crippen LogP contribution < -0.4 is 0 Å². The molecule has 2 atom stereocenters. The molecule has 0 aliphatic heterocycles. The van der Waals surface area contributed by atoms with Gasteiger partial charge in [-0.3, -0.25) is 4.90 Å². The van der Waals surface area contributed by atoms with Gasteiger partial charge in [0.15, 0.2) is 19.5 Å². The molecule has 0 N–H and O–H groups in total. The van der Waals surface area contributed by atoms with E-state index in [0.29, 0.717) is 0 Å². The molecule has 0 aromatic rings. The lowest BCUT2D eigenvalue weighted by molar-refractivity contribution is -0.0991. The predicted octanol–water partition coefficient (Wildman–Crippen LogP) is 1.83. The normalized spacial score (nSPS) is 16.6. The Labute approximate surface area is 161 Å². The first-order chi connectivity index (χ1) is 11.7. The average Bonchev–Trinajstić information content (AvgIpc) is 2.55. The van der Waals surface area contributed by atoms with Crippen LogP contribution in [0.3, 0.4) is 0 Å². The van der Waals surface area contributed by atoms with Gasteiger partial charge in [-0.05, 0) is 47.1 Å². The summed E-state index contributed by atoms with van der Waals surface area (Å²) in [5, 5.41) is 0. The van der Waals surface area contributed by atoms with E-state index in [-0.39, 0.29) is 22.5 Å². The SMILES string of the molecule is CCCOC([SiH2]OC)C(C)(C)N(CC)C(C)(C)C(OCCC)[SiH2]OC. The summed E-state index contributed by atoms with van der Waals surface area (Å²) in [6.07, 6.45) is 2.05. The van der Waals surface area contributed by atoms with E-state index >= 15 is 0 Å². The average molecular weight is 394 g/mol. The summed E-state index contributed by atoms with van der Waals surface area (Å²) >= 11 is 0. The lowest BCUT2D eigenvalue weighted by atomic mass is 9.93. The Morgan fingerprint density at radius 1 is 0.760 bits per heavy atom. The molecule has 5 nitrogen and oxygen atoms in total. The van der Waals surface area contributed by atoms with Crippen LogP contribution in [0.15, 0.2) is 0 Å². The maximum atomic E-state index is 6.23. The predicted molar refractivity (Wildman–Crippen MR) is 112 cm³/mol. The second-order valence-electron chi connectivity index (χ2n) is 7.68. The minimum absolute atomic E-state index is 0.119. The van der Waals surface area contributed by atoms with Gasteiger partial charge in [0.1, 0.15) is 0 Å². The minimum atomic E-state index is -0.775. The highest BCUT2D eigenvalue weighted by Gasteiger charge is 2.46. The first kappa shape index (κ1) is 25.2. The summed E-state index contributed by atoms with van der Waals surface area (Å²) in [5.41, 5.74) is 0.0532. The fourth-order valence-electron chi connectivity index (χ4n) is 3.64. The van der Waals surface area contributed by atoms with Crippen LogP contribution >= 0.6 is 0 Å². The third-order valence-electron chi connectivity index (χ3n) is 4.97. The van der Waals surface area contributed by atoms with Crippen LogP contribution in [0.2, 0.25) is 0 Å². The fraction of sp³-hybridized carbons (Fsp3) is 1.00. The van der Waals surface area contributed by atoms with Crippen molar-refractivity contribution in [3.8, 4) is 0 Å². The van der Waals surface area contributed by atoms with Crippen molar-refractivity contribution >= 4 is 19.5 Å². The van der Waals surface area contributed by atoms with Gasteiger partial charge in [-0.25, -0.2) is 0 Å². The second-order valence-corrected chi connectivity index (χ2v) is 11.0. The number of ether oxygens (including phenoxy) is 2. The molecule has 0 heterocycles. The monoisotopic (exact) mass is 393 g/mol. The highest BCUT2D eigenvalue weighted by molar-refractivity contribution is 6.30. The zero-order valence-electron chi connectivity index (χ0n) is 18.2. The number of nitrogens with zero attached hydrogens (tertiary/aromatic N) is 1. The minimum Gasteiger partial charge on any atom is -0.424 e. The third-order valence-corrected chi connectivity index (χ3v) is 8.71. The van der Waals surface area contributed by atoms with E-state index in [0.717, 1.165) is 32.6 Å². The van der Waals surface area contributed by atoms with Crippen LogP contribution in [-0.4, -0.2) is 80.9 Å². The molecule has 0 aromatic heterocycles. The molecule has 0 aliphatic rings. The van der Waals surface area contributed by atoms with Crippen molar-refractivity contribution < 1.29 is 18.3 Å². The first-order valence-electron chi connectivity index (χ1n) is 9.72.